The first-order chi connectivity index (χ1) is 12.0. The monoisotopic (exact) mass is 360 g/mol. The third kappa shape index (κ3) is 5.76. The van der Waals surface area contributed by atoms with Gasteiger partial charge in [0.2, 0.25) is 0 Å². The molecule has 5 heteroatoms. The lowest BCUT2D eigenvalue weighted by Gasteiger charge is -2.26. The summed E-state index contributed by atoms with van der Waals surface area (Å²) in [6.07, 6.45) is 3.52. The lowest BCUT2D eigenvalue weighted by atomic mass is 10.0. The Kier molecular flexibility index (Phi) is 7.19. The van der Waals surface area contributed by atoms with Gasteiger partial charge < -0.3 is 14.2 Å². The molecule has 0 saturated carbocycles. The van der Waals surface area contributed by atoms with E-state index >= 15 is 0 Å². The van der Waals surface area contributed by atoms with Crippen molar-refractivity contribution in [1.29, 1.82) is 0 Å². The number of methoxy groups -OCH3 is 2. The van der Waals surface area contributed by atoms with Crippen LogP contribution in [0, 0.1) is 13.8 Å². The SMILES string of the molecule is COC(=O)C(=Cc1cc(C)c(OC(C)(C)C=C(C)C)c(C)c1)C(=O)OC. The van der Waals surface area contributed by atoms with Gasteiger partial charge in [0.15, 0.2) is 0 Å². The van der Waals surface area contributed by atoms with Gasteiger partial charge in [0.1, 0.15) is 16.9 Å². The largest absolute Gasteiger partial charge is 0.483 e. The van der Waals surface area contributed by atoms with Crippen LogP contribution >= 0.6 is 0 Å². The molecule has 0 amide bonds. The van der Waals surface area contributed by atoms with Crippen LogP contribution in [-0.2, 0) is 19.1 Å². The number of ether oxygens (including phenoxy) is 3. The molecule has 1 aromatic rings. The van der Waals surface area contributed by atoms with Crippen molar-refractivity contribution in [3.8, 4) is 5.75 Å². The smallest absolute Gasteiger partial charge is 0.345 e. The first-order valence-corrected chi connectivity index (χ1v) is 8.35. The zero-order valence-electron chi connectivity index (χ0n) is 16.9. The molecule has 0 aliphatic heterocycles. The first kappa shape index (κ1) is 21.5. The highest BCUT2D eigenvalue weighted by atomic mass is 16.5. The molecule has 0 radical (unpaired) electrons. The standard InChI is InChI=1S/C21H28O5/c1-13(2)12-21(5,6)26-18-14(3)9-16(10-15(18)4)11-17(19(22)24-7)20(23)25-8/h9-12H,1-8H3. The molecule has 0 atom stereocenters. The molecule has 142 valence electrons. The molecule has 26 heavy (non-hydrogen) atoms. The van der Waals surface area contributed by atoms with E-state index in [4.69, 9.17) is 4.74 Å². The van der Waals surface area contributed by atoms with Crippen LogP contribution in [0.25, 0.3) is 6.08 Å². The van der Waals surface area contributed by atoms with Gasteiger partial charge in [0.25, 0.3) is 0 Å². The van der Waals surface area contributed by atoms with Crippen LogP contribution in [0.2, 0.25) is 0 Å². The maximum absolute atomic E-state index is 11.8. The second-order valence-electron chi connectivity index (χ2n) is 6.95. The molecule has 1 rings (SSSR count). The molecule has 0 aliphatic rings. The van der Waals surface area contributed by atoms with Crippen LogP contribution < -0.4 is 4.74 Å². The average molecular weight is 360 g/mol. The summed E-state index contributed by atoms with van der Waals surface area (Å²) in [5, 5.41) is 0. The molecule has 0 spiro atoms. The van der Waals surface area contributed by atoms with E-state index in [0.717, 1.165) is 16.9 Å². The van der Waals surface area contributed by atoms with E-state index in [1.807, 2.05) is 53.7 Å². The van der Waals surface area contributed by atoms with Crippen molar-refractivity contribution in [2.75, 3.05) is 14.2 Å². The maximum Gasteiger partial charge on any atom is 0.345 e. The van der Waals surface area contributed by atoms with Crippen molar-refractivity contribution in [3.63, 3.8) is 0 Å². The van der Waals surface area contributed by atoms with E-state index in [0.29, 0.717) is 5.56 Å². The number of allylic oxidation sites excluding steroid dienone is 1. The van der Waals surface area contributed by atoms with E-state index in [1.165, 1.54) is 25.9 Å². The summed E-state index contributed by atoms with van der Waals surface area (Å²) >= 11 is 0. The van der Waals surface area contributed by atoms with Gasteiger partial charge in [-0.25, -0.2) is 9.59 Å². The Labute approximate surface area is 155 Å². The zero-order valence-corrected chi connectivity index (χ0v) is 16.9. The first-order valence-electron chi connectivity index (χ1n) is 8.35. The highest BCUT2D eigenvalue weighted by Gasteiger charge is 2.21. The topological polar surface area (TPSA) is 61.8 Å². The van der Waals surface area contributed by atoms with Crippen LogP contribution in [0.4, 0.5) is 0 Å². The number of esters is 2. The number of carbonyl (C=O) groups is 2. The summed E-state index contributed by atoms with van der Waals surface area (Å²) in [5.41, 5.74) is 3.06. The molecule has 0 fully saturated rings. The number of carbonyl (C=O) groups excluding carboxylic acids is 2. The van der Waals surface area contributed by atoms with E-state index in [9.17, 15) is 9.59 Å². The molecule has 0 saturated heterocycles. The van der Waals surface area contributed by atoms with Crippen molar-refractivity contribution in [1.82, 2.24) is 0 Å². The van der Waals surface area contributed by atoms with Gasteiger partial charge in [0.05, 0.1) is 14.2 Å². The minimum atomic E-state index is -0.739. The summed E-state index contributed by atoms with van der Waals surface area (Å²) < 4.78 is 15.5. The van der Waals surface area contributed by atoms with Crippen molar-refractivity contribution in [3.05, 3.63) is 46.0 Å². The molecular formula is C21H28O5. The predicted octanol–water partition coefficient (Wildman–Crippen LogP) is 4.16. The van der Waals surface area contributed by atoms with Crippen LogP contribution in [0.3, 0.4) is 0 Å². The van der Waals surface area contributed by atoms with Crippen LogP contribution in [0.1, 0.15) is 44.4 Å². The summed E-state index contributed by atoms with van der Waals surface area (Å²) in [6, 6.07) is 3.71. The Morgan fingerprint density at radius 3 is 1.81 bits per heavy atom. The Bertz CT molecular complexity index is 709. The normalized spacial score (nSPS) is 10.6. The van der Waals surface area contributed by atoms with Gasteiger partial charge >= 0.3 is 11.9 Å². The van der Waals surface area contributed by atoms with Gasteiger partial charge in [-0.15, -0.1) is 0 Å². The van der Waals surface area contributed by atoms with Gasteiger partial charge in [-0.3, -0.25) is 0 Å². The second kappa shape index (κ2) is 8.70. The molecule has 0 N–H and O–H groups in total. The van der Waals surface area contributed by atoms with Crippen molar-refractivity contribution < 1.29 is 23.8 Å². The number of benzene rings is 1. The molecule has 5 nitrogen and oxygen atoms in total. The lowest BCUT2D eigenvalue weighted by molar-refractivity contribution is -0.143. The lowest BCUT2D eigenvalue weighted by Crippen LogP contribution is -2.26. The van der Waals surface area contributed by atoms with E-state index < -0.39 is 17.5 Å². The Morgan fingerprint density at radius 1 is 0.962 bits per heavy atom. The average Bonchev–Trinajstić information content (AvgIpc) is 2.53. The molecule has 1 aromatic carbocycles. The van der Waals surface area contributed by atoms with Crippen molar-refractivity contribution in [2.24, 2.45) is 0 Å². The third-order valence-electron chi connectivity index (χ3n) is 3.61. The van der Waals surface area contributed by atoms with Crippen LogP contribution in [0.15, 0.2) is 29.4 Å². The maximum atomic E-state index is 11.8. The van der Waals surface area contributed by atoms with Gasteiger partial charge in [-0.05, 0) is 82.5 Å². The molecule has 0 unspecified atom stereocenters. The van der Waals surface area contributed by atoms with E-state index in [1.54, 1.807) is 0 Å². The minimum Gasteiger partial charge on any atom is -0.483 e. The fourth-order valence-electron chi connectivity index (χ4n) is 2.80. The minimum absolute atomic E-state index is 0.160. The summed E-state index contributed by atoms with van der Waals surface area (Å²) in [4.78, 5) is 23.6. The Hall–Kier alpha value is -2.56. The van der Waals surface area contributed by atoms with E-state index in [2.05, 4.69) is 15.5 Å². The van der Waals surface area contributed by atoms with Crippen LogP contribution in [0.5, 0.6) is 5.75 Å². The van der Waals surface area contributed by atoms with Crippen LogP contribution in [-0.4, -0.2) is 31.8 Å². The van der Waals surface area contributed by atoms with Gasteiger partial charge in [-0.2, -0.15) is 0 Å². The molecule has 0 aliphatic carbocycles. The summed E-state index contributed by atoms with van der Waals surface area (Å²) in [5.74, 6) is -0.698. The molecule has 0 bridgehead atoms. The fraction of sp³-hybridized carbons (Fsp3) is 0.429. The highest BCUT2D eigenvalue weighted by Crippen LogP contribution is 2.30. The van der Waals surface area contributed by atoms with Crippen molar-refractivity contribution >= 4 is 18.0 Å². The Balaban J connectivity index is 3.32. The van der Waals surface area contributed by atoms with Crippen molar-refractivity contribution in [2.45, 2.75) is 47.1 Å². The highest BCUT2D eigenvalue weighted by molar-refractivity contribution is 6.17. The Morgan fingerprint density at radius 2 is 1.42 bits per heavy atom. The van der Waals surface area contributed by atoms with Gasteiger partial charge in [0, 0.05) is 0 Å². The van der Waals surface area contributed by atoms with E-state index in [-0.39, 0.29) is 5.57 Å². The summed E-state index contributed by atoms with van der Waals surface area (Å²) in [7, 11) is 2.44. The number of hydrogen-bond acceptors (Lipinski definition) is 5. The number of aryl methyl sites for hydroxylation is 2. The third-order valence-corrected chi connectivity index (χ3v) is 3.61. The van der Waals surface area contributed by atoms with Gasteiger partial charge in [-0.1, -0.05) is 5.57 Å². The molecule has 0 heterocycles. The quantitative estimate of drug-likeness (QED) is 0.251. The number of rotatable bonds is 6. The molecule has 0 aromatic heterocycles. The summed E-state index contributed by atoms with van der Waals surface area (Å²) in [6.45, 7) is 11.9. The second-order valence-corrected chi connectivity index (χ2v) is 6.95. The fourth-order valence-corrected chi connectivity index (χ4v) is 2.80. The zero-order chi connectivity index (χ0) is 20.1. The predicted molar refractivity (Wildman–Crippen MR) is 102 cm³/mol. The molecular weight excluding hydrogens is 332 g/mol. The number of hydrogen-bond donors (Lipinski definition) is 0.